The van der Waals surface area contributed by atoms with Crippen LogP contribution in [0.15, 0.2) is 6.08 Å². The van der Waals surface area contributed by atoms with Crippen molar-refractivity contribution in [2.45, 2.75) is 13.3 Å². The summed E-state index contributed by atoms with van der Waals surface area (Å²) in [7, 11) is 0. The molecule has 0 aliphatic rings. The highest BCUT2D eigenvalue weighted by Gasteiger charge is 1.60. The molecule has 0 unspecified atom stereocenters. The SMILES string of the molecule is C=[N+]=C=CCC. The van der Waals surface area contributed by atoms with E-state index >= 15 is 0 Å². The number of hydrogen-bond acceptors (Lipinski definition) is 0. The van der Waals surface area contributed by atoms with Crippen LogP contribution in [0.5, 0.6) is 0 Å². The fourth-order valence-corrected chi connectivity index (χ4v) is 0.156. The largest absolute Gasteiger partial charge is 0.306 e. The molecule has 1 nitrogen and oxygen atoms in total. The van der Waals surface area contributed by atoms with Crippen molar-refractivity contribution in [3.05, 3.63) is 6.08 Å². The van der Waals surface area contributed by atoms with E-state index in [1.54, 1.807) is 0 Å². The normalized spacial score (nSPS) is 5.50. The van der Waals surface area contributed by atoms with Crippen LogP contribution in [0, 0.1) is 0 Å². The monoisotopic (exact) mass is 82.1 g/mol. The molecule has 0 saturated carbocycles. The molecule has 0 N–H and O–H groups in total. The lowest BCUT2D eigenvalue weighted by molar-refractivity contribution is 1.24. The number of hydrogen-bond donors (Lipinski definition) is 0. The number of nitrogens with zero attached hydrogens (tertiary/aromatic N) is 1. The summed E-state index contributed by atoms with van der Waals surface area (Å²) in [6.45, 7) is 5.23. The van der Waals surface area contributed by atoms with Gasteiger partial charge in [-0.3, -0.25) is 0 Å². The van der Waals surface area contributed by atoms with E-state index in [1.807, 2.05) is 13.0 Å². The summed E-state index contributed by atoms with van der Waals surface area (Å²) in [6.07, 6.45) is 2.81. The third-order valence-electron chi connectivity index (χ3n) is 0.387. The van der Waals surface area contributed by atoms with Gasteiger partial charge in [0.15, 0.2) is 0 Å². The van der Waals surface area contributed by atoms with Crippen molar-refractivity contribution in [3.63, 3.8) is 0 Å². The van der Waals surface area contributed by atoms with Crippen LogP contribution in [-0.2, 0) is 0 Å². The van der Waals surface area contributed by atoms with Gasteiger partial charge in [0.25, 0.3) is 6.72 Å². The highest BCUT2D eigenvalue weighted by molar-refractivity contribution is 5.52. The van der Waals surface area contributed by atoms with Gasteiger partial charge in [0, 0.05) is 6.08 Å². The van der Waals surface area contributed by atoms with Crippen LogP contribution in [0.4, 0.5) is 0 Å². The summed E-state index contributed by atoms with van der Waals surface area (Å²) >= 11 is 0. The second-order valence-corrected chi connectivity index (χ2v) is 0.900. The van der Waals surface area contributed by atoms with E-state index in [0.29, 0.717) is 0 Å². The topological polar surface area (TPSA) is 14.1 Å². The zero-order chi connectivity index (χ0) is 4.83. The maximum Gasteiger partial charge on any atom is 0.306 e. The molecule has 0 saturated heterocycles. The van der Waals surface area contributed by atoms with Crippen molar-refractivity contribution in [1.82, 2.24) is 4.67 Å². The highest BCUT2D eigenvalue weighted by Crippen LogP contribution is 1.65. The van der Waals surface area contributed by atoms with Crippen molar-refractivity contribution in [1.29, 1.82) is 0 Å². The molecule has 32 valence electrons. The van der Waals surface area contributed by atoms with E-state index < -0.39 is 0 Å². The Balaban J connectivity index is 3.47. The predicted molar refractivity (Wildman–Crippen MR) is 29.1 cm³/mol. The zero-order valence-corrected chi connectivity index (χ0v) is 3.94. The maximum atomic E-state index is 3.37. The minimum atomic E-state index is 0.985. The smallest absolute Gasteiger partial charge is 0.0610 e. The summed E-state index contributed by atoms with van der Waals surface area (Å²) in [6, 6.07) is 0. The van der Waals surface area contributed by atoms with Gasteiger partial charge < -0.3 is 0 Å². The lowest BCUT2D eigenvalue weighted by Crippen LogP contribution is -1.57. The molecular weight excluding hydrogens is 74.1 g/mol. The summed E-state index contributed by atoms with van der Waals surface area (Å²) in [5, 5.41) is 0. The average Bonchev–Trinajstić information content (AvgIpc) is 1.61. The van der Waals surface area contributed by atoms with Crippen LogP contribution in [-0.4, -0.2) is 12.6 Å². The second-order valence-electron chi connectivity index (χ2n) is 0.900. The van der Waals surface area contributed by atoms with Gasteiger partial charge in [0.05, 0.1) is 0 Å². The lowest BCUT2D eigenvalue weighted by atomic mass is 10.5. The summed E-state index contributed by atoms with van der Waals surface area (Å²) in [4.78, 5) is 0. The number of allylic oxidation sites excluding steroid dienone is 1. The van der Waals surface area contributed by atoms with Gasteiger partial charge in [-0.05, 0) is 11.1 Å². The highest BCUT2D eigenvalue weighted by atomic mass is 14.4. The van der Waals surface area contributed by atoms with Gasteiger partial charge in [0.2, 0.25) is 0 Å². The Hall–Kier alpha value is -0.770. The predicted octanol–water partition coefficient (Wildman–Crippen LogP) is 0.390. The van der Waals surface area contributed by atoms with E-state index in [9.17, 15) is 0 Å². The van der Waals surface area contributed by atoms with Gasteiger partial charge >= 0.3 is 5.87 Å². The second kappa shape index (κ2) is 4.23. The molecular formula is C5H8N+. The van der Waals surface area contributed by atoms with Crippen molar-refractivity contribution in [3.8, 4) is 0 Å². The first-order chi connectivity index (χ1) is 2.91. The van der Waals surface area contributed by atoms with E-state index in [0.717, 1.165) is 6.42 Å². The average molecular weight is 82.1 g/mol. The quantitative estimate of drug-likeness (QED) is 0.321. The molecule has 0 aliphatic heterocycles. The molecule has 0 aromatic rings. The van der Waals surface area contributed by atoms with Crippen LogP contribution < -0.4 is 4.67 Å². The first-order valence-corrected chi connectivity index (χ1v) is 1.94. The van der Waals surface area contributed by atoms with Gasteiger partial charge in [-0.15, -0.1) is 0 Å². The molecule has 0 aliphatic carbocycles. The van der Waals surface area contributed by atoms with Crippen LogP contribution in [0.25, 0.3) is 0 Å². The van der Waals surface area contributed by atoms with E-state index in [-0.39, 0.29) is 0 Å². The van der Waals surface area contributed by atoms with Gasteiger partial charge in [0.1, 0.15) is 0 Å². The van der Waals surface area contributed by atoms with E-state index in [4.69, 9.17) is 0 Å². The standard InChI is InChI=1S/C5H8N/c1-3-4-5-6-2/h4H,2-3H2,1H3/q+1. The van der Waals surface area contributed by atoms with Gasteiger partial charge in [-0.25, -0.2) is 0 Å². The summed E-state index contributed by atoms with van der Waals surface area (Å²) in [5.74, 6) is 2.59. The number of rotatable bonds is 1. The summed E-state index contributed by atoms with van der Waals surface area (Å²) in [5.41, 5.74) is 0. The van der Waals surface area contributed by atoms with E-state index in [2.05, 4.69) is 17.3 Å². The van der Waals surface area contributed by atoms with Crippen LogP contribution in [0.3, 0.4) is 0 Å². The van der Waals surface area contributed by atoms with Gasteiger partial charge in [-0.2, -0.15) is 0 Å². The summed E-state index contributed by atoms with van der Waals surface area (Å²) < 4.78 is 3.37. The fourth-order valence-electron chi connectivity index (χ4n) is 0.156. The zero-order valence-electron chi connectivity index (χ0n) is 3.94. The molecule has 0 heterocycles. The van der Waals surface area contributed by atoms with Crippen molar-refractivity contribution >= 4 is 12.6 Å². The molecule has 0 aromatic heterocycles. The van der Waals surface area contributed by atoms with Crippen molar-refractivity contribution in [2.75, 3.05) is 0 Å². The molecule has 1 heteroatoms. The Kier molecular flexibility index (Phi) is 3.69. The minimum absolute atomic E-state index is 0.985. The molecule has 6 heavy (non-hydrogen) atoms. The first-order valence-electron chi connectivity index (χ1n) is 1.94. The van der Waals surface area contributed by atoms with Gasteiger partial charge in [-0.1, -0.05) is 6.92 Å². The maximum absolute atomic E-state index is 3.37. The third kappa shape index (κ3) is 3.23. The third-order valence-corrected chi connectivity index (χ3v) is 0.387. The first kappa shape index (κ1) is 5.23. The fraction of sp³-hybridized carbons (Fsp3) is 0.400. The molecule has 0 spiro atoms. The Bertz CT molecular complexity index is 92.5. The minimum Gasteiger partial charge on any atom is -0.0610 e. The Morgan fingerprint density at radius 2 is 2.67 bits per heavy atom. The van der Waals surface area contributed by atoms with E-state index in [1.165, 1.54) is 0 Å². The van der Waals surface area contributed by atoms with Crippen LogP contribution >= 0.6 is 0 Å². The molecule has 0 rings (SSSR count). The Morgan fingerprint density at radius 3 is 2.83 bits per heavy atom. The molecule has 0 atom stereocenters. The van der Waals surface area contributed by atoms with Crippen molar-refractivity contribution < 1.29 is 0 Å². The van der Waals surface area contributed by atoms with Crippen LogP contribution in [0.2, 0.25) is 0 Å². The van der Waals surface area contributed by atoms with Crippen molar-refractivity contribution in [2.24, 2.45) is 0 Å². The van der Waals surface area contributed by atoms with Crippen LogP contribution in [0.1, 0.15) is 13.3 Å². The Labute approximate surface area is 37.8 Å². The molecule has 0 fully saturated rings. The molecule has 0 radical (unpaired) electrons. The Morgan fingerprint density at radius 1 is 2.00 bits per heavy atom. The molecule has 0 amide bonds. The molecule has 0 bridgehead atoms. The molecule has 0 aromatic carbocycles. The lowest BCUT2D eigenvalue weighted by Gasteiger charge is -1.53.